The van der Waals surface area contributed by atoms with Crippen LogP contribution in [0.15, 0.2) is 54.6 Å². The first-order valence-electron chi connectivity index (χ1n) is 7.92. The fourth-order valence-electron chi connectivity index (χ4n) is 3.08. The minimum atomic E-state index is 0.382. The molecule has 110 valence electrons. The molecule has 2 unspecified atom stereocenters. The Bertz CT molecular complexity index is 579. The first-order valence-corrected chi connectivity index (χ1v) is 7.92. The Morgan fingerprint density at radius 2 is 1.81 bits per heavy atom. The molecule has 0 radical (unpaired) electrons. The maximum Gasteiger partial charge on any atom is 0.0500 e. The molecule has 2 aromatic carbocycles. The molecule has 2 atom stereocenters. The third kappa shape index (κ3) is 2.96. The van der Waals surface area contributed by atoms with Crippen molar-refractivity contribution in [2.45, 2.75) is 38.9 Å². The smallest absolute Gasteiger partial charge is 0.0500 e. The molecule has 0 saturated heterocycles. The van der Waals surface area contributed by atoms with Crippen LogP contribution in [0.3, 0.4) is 0 Å². The molecular weight excluding hydrogens is 256 g/mol. The Kier molecular flexibility index (Phi) is 4.26. The maximum absolute atomic E-state index is 3.72. The Hall–Kier alpha value is -1.80. The monoisotopic (exact) mass is 280 g/mol. The Labute approximate surface area is 127 Å². The van der Waals surface area contributed by atoms with E-state index in [1.165, 1.54) is 16.8 Å². The van der Waals surface area contributed by atoms with Crippen LogP contribution in [0.25, 0.3) is 0 Å². The quantitative estimate of drug-likeness (QED) is 0.909. The van der Waals surface area contributed by atoms with Gasteiger partial charge in [0.1, 0.15) is 0 Å². The molecule has 2 nitrogen and oxygen atoms in total. The van der Waals surface area contributed by atoms with Gasteiger partial charge in [-0.3, -0.25) is 0 Å². The molecule has 1 aliphatic heterocycles. The van der Waals surface area contributed by atoms with E-state index in [2.05, 4.69) is 78.7 Å². The third-order valence-corrected chi connectivity index (χ3v) is 4.54. The lowest BCUT2D eigenvalue weighted by Crippen LogP contribution is -2.38. The van der Waals surface area contributed by atoms with Gasteiger partial charge < -0.3 is 10.2 Å². The van der Waals surface area contributed by atoms with Crippen molar-refractivity contribution in [3.8, 4) is 0 Å². The Balaban J connectivity index is 1.94. The molecule has 0 aliphatic carbocycles. The van der Waals surface area contributed by atoms with Gasteiger partial charge in [0.25, 0.3) is 0 Å². The van der Waals surface area contributed by atoms with Gasteiger partial charge in [-0.25, -0.2) is 0 Å². The largest absolute Gasteiger partial charge is 0.367 e. The van der Waals surface area contributed by atoms with Crippen molar-refractivity contribution in [1.29, 1.82) is 0 Å². The highest BCUT2D eigenvalue weighted by Crippen LogP contribution is 2.30. The number of hydrogen-bond acceptors (Lipinski definition) is 2. The molecule has 2 aromatic rings. The molecule has 1 N–H and O–H groups in total. The van der Waals surface area contributed by atoms with Crippen molar-refractivity contribution in [2.24, 2.45) is 0 Å². The van der Waals surface area contributed by atoms with Crippen LogP contribution in [0.4, 0.5) is 5.69 Å². The number of fused-ring (bicyclic) bond motifs is 1. The molecule has 3 rings (SSSR count). The summed E-state index contributed by atoms with van der Waals surface area (Å²) in [5.41, 5.74) is 4.16. The molecule has 0 fully saturated rings. The second-order valence-electron chi connectivity index (χ2n) is 5.88. The van der Waals surface area contributed by atoms with Gasteiger partial charge in [0, 0.05) is 24.8 Å². The number of nitrogens with zero attached hydrogens (tertiary/aromatic N) is 1. The topological polar surface area (TPSA) is 15.3 Å². The van der Waals surface area contributed by atoms with E-state index in [1.807, 2.05) is 0 Å². The van der Waals surface area contributed by atoms with E-state index >= 15 is 0 Å². The van der Waals surface area contributed by atoms with Crippen LogP contribution >= 0.6 is 0 Å². The number of rotatable bonds is 3. The molecule has 21 heavy (non-hydrogen) atoms. The molecule has 0 saturated carbocycles. The van der Waals surface area contributed by atoms with E-state index < -0.39 is 0 Å². The summed E-state index contributed by atoms with van der Waals surface area (Å²) in [4.78, 5) is 2.56. The van der Waals surface area contributed by atoms with Gasteiger partial charge in [-0.2, -0.15) is 0 Å². The SMILES string of the molecule is CCC(C)N1CC(c2ccccc2)NCc2ccccc21. The fourth-order valence-corrected chi connectivity index (χ4v) is 3.08. The summed E-state index contributed by atoms with van der Waals surface area (Å²) < 4.78 is 0. The zero-order valence-corrected chi connectivity index (χ0v) is 12.9. The molecule has 0 aromatic heterocycles. The zero-order chi connectivity index (χ0) is 14.7. The van der Waals surface area contributed by atoms with Crippen molar-refractivity contribution < 1.29 is 0 Å². The molecule has 2 heteroatoms. The summed E-state index contributed by atoms with van der Waals surface area (Å²) in [6.07, 6.45) is 1.16. The van der Waals surface area contributed by atoms with E-state index in [1.54, 1.807) is 0 Å². The summed E-state index contributed by atoms with van der Waals surface area (Å²) in [5, 5.41) is 3.72. The van der Waals surface area contributed by atoms with Gasteiger partial charge in [-0.1, -0.05) is 55.5 Å². The van der Waals surface area contributed by atoms with E-state index in [4.69, 9.17) is 0 Å². The van der Waals surface area contributed by atoms with Crippen LogP contribution < -0.4 is 10.2 Å². The molecular formula is C19H24N2. The third-order valence-electron chi connectivity index (χ3n) is 4.54. The fraction of sp³-hybridized carbons (Fsp3) is 0.368. The lowest BCUT2D eigenvalue weighted by Gasteiger charge is -2.33. The predicted molar refractivity (Wildman–Crippen MR) is 89.6 cm³/mol. The first kappa shape index (κ1) is 14.2. The second-order valence-corrected chi connectivity index (χ2v) is 5.88. The van der Waals surface area contributed by atoms with Gasteiger partial charge in [0.15, 0.2) is 0 Å². The van der Waals surface area contributed by atoms with Gasteiger partial charge in [-0.15, -0.1) is 0 Å². The Morgan fingerprint density at radius 3 is 2.57 bits per heavy atom. The summed E-state index contributed by atoms with van der Waals surface area (Å²) >= 11 is 0. The maximum atomic E-state index is 3.72. The van der Waals surface area contributed by atoms with Gasteiger partial charge in [0.2, 0.25) is 0 Å². The number of anilines is 1. The second kappa shape index (κ2) is 6.31. The van der Waals surface area contributed by atoms with Crippen LogP contribution in [0, 0.1) is 0 Å². The molecule has 0 spiro atoms. The van der Waals surface area contributed by atoms with Crippen molar-refractivity contribution in [3.05, 3.63) is 65.7 Å². The van der Waals surface area contributed by atoms with Crippen LogP contribution in [-0.4, -0.2) is 12.6 Å². The van der Waals surface area contributed by atoms with Crippen LogP contribution in [0.2, 0.25) is 0 Å². The first-order chi connectivity index (χ1) is 10.3. The highest BCUT2D eigenvalue weighted by molar-refractivity contribution is 5.55. The minimum absolute atomic E-state index is 0.382. The highest BCUT2D eigenvalue weighted by atomic mass is 15.2. The average molecular weight is 280 g/mol. The lowest BCUT2D eigenvalue weighted by molar-refractivity contribution is 0.509. The van der Waals surface area contributed by atoms with Crippen LogP contribution in [0.1, 0.15) is 37.4 Å². The number of para-hydroxylation sites is 1. The number of nitrogens with one attached hydrogen (secondary N) is 1. The summed E-state index contributed by atoms with van der Waals surface area (Å²) in [6.45, 7) is 6.55. The molecule has 0 bridgehead atoms. The van der Waals surface area contributed by atoms with Crippen molar-refractivity contribution in [2.75, 3.05) is 11.4 Å². The van der Waals surface area contributed by atoms with E-state index in [9.17, 15) is 0 Å². The van der Waals surface area contributed by atoms with Crippen LogP contribution in [-0.2, 0) is 6.54 Å². The number of hydrogen-bond donors (Lipinski definition) is 1. The Morgan fingerprint density at radius 1 is 1.10 bits per heavy atom. The van der Waals surface area contributed by atoms with Gasteiger partial charge >= 0.3 is 0 Å². The van der Waals surface area contributed by atoms with Crippen molar-refractivity contribution >= 4 is 5.69 Å². The zero-order valence-electron chi connectivity index (χ0n) is 12.9. The predicted octanol–water partition coefficient (Wildman–Crippen LogP) is 4.14. The van der Waals surface area contributed by atoms with Crippen LogP contribution in [0.5, 0.6) is 0 Å². The van der Waals surface area contributed by atoms with E-state index in [0.717, 1.165) is 19.5 Å². The standard InChI is InChI=1S/C19H24N2/c1-3-15(2)21-14-18(16-9-5-4-6-10-16)20-13-17-11-7-8-12-19(17)21/h4-12,15,18,20H,3,13-14H2,1-2H3. The minimum Gasteiger partial charge on any atom is -0.367 e. The van der Waals surface area contributed by atoms with Crippen molar-refractivity contribution in [3.63, 3.8) is 0 Å². The average Bonchev–Trinajstić information content (AvgIpc) is 2.75. The normalized spacial score (nSPS) is 19.7. The van der Waals surface area contributed by atoms with Gasteiger partial charge in [-0.05, 0) is 30.5 Å². The summed E-state index contributed by atoms with van der Waals surface area (Å²) in [7, 11) is 0. The lowest BCUT2D eigenvalue weighted by atomic mass is 10.1. The summed E-state index contributed by atoms with van der Waals surface area (Å²) in [6, 6.07) is 20.5. The van der Waals surface area contributed by atoms with E-state index in [-0.39, 0.29) is 0 Å². The molecule has 1 heterocycles. The molecule has 1 aliphatic rings. The van der Waals surface area contributed by atoms with Gasteiger partial charge in [0.05, 0.1) is 6.04 Å². The van der Waals surface area contributed by atoms with E-state index in [0.29, 0.717) is 12.1 Å². The summed E-state index contributed by atoms with van der Waals surface area (Å²) in [5.74, 6) is 0. The molecule has 0 amide bonds. The highest BCUT2D eigenvalue weighted by Gasteiger charge is 2.24. The van der Waals surface area contributed by atoms with Crippen molar-refractivity contribution in [1.82, 2.24) is 5.32 Å². The number of benzene rings is 2.